The van der Waals surface area contributed by atoms with Crippen LogP contribution < -0.4 is 0 Å². The van der Waals surface area contributed by atoms with E-state index >= 15 is 0 Å². The molecule has 1 rings (SSSR count). The smallest absolute Gasteiger partial charge is 0.338 e. The Hall–Kier alpha value is -1.31. The standard InChI is InChI=1S/C20H32O2/c1-6-7-8-12-15-20(16(2)3,17(4)5)22-19(21)18-13-10-9-11-14-18/h9-11,13-14,16-17H,6-8,12,15H2,1-5H3. The van der Waals surface area contributed by atoms with Crippen LogP contribution in [0.15, 0.2) is 30.3 Å². The van der Waals surface area contributed by atoms with E-state index in [9.17, 15) is 4.79 Å². The van der Waals surface area contributed by atoms with Crippen LogP contribution in [0.3, 0.4) is 0 Å². The van der Waals surface area contributed by atoms with Gasteiger partial charge in [0, 0.05) is 0 Å². The highest BCUT2D eigenvalue weighted by Gasteiger charge is 2.40. The van der Waals surface area contributed by atoms with Gasteiger partial charge < -0.3 is 4.74 Å². The lowest BCUT2D eigenvalue weighted by Crippen LogP contribution is -2.45. The van der Waals surface area contributed by atoms with Gasteiger partial charge in [0.15, 0.2) is 0 Å². The fourth-order valence-corrected chi connectivity index (χ4v) is 3.16. The molecule has 2 nitrogen and oxygen atoms in total. The molecule has 0 amide bonds. The van der Waals surface area contributed by atoms with E-state index in [0.717, 1.165) is 12.8 Å². The highest BCUT2D eigenvalue weighted by atomic mass is 16.6. The lowest BCUT2D eigenvalue weighted by Gasteiger charge is -2.41. The summed E-state index contributed by atoms with van der Waals surface area (Å²) in [6.45, 7) is 10.9. The Morgan fingerprint density at radius 2 is 1.59 bits per heavy atom. The molecular formula is C20H32O2. The van der Waals surface area contributed by atoms with Gasteiger partial charge in [0.1, 0.15) is 5.60 Å². The minimum Gasteiger partial charge on any atom is -0.455 e. The molecule has 0 saturated heterocycles. The van der Waals surface area contributed by atoms with Gasteiger partial charge in [-0.05, 0) is 36.8 Å². The van der Waals surface area contributed by atoms with E-state index < -0.39 is 0 Å². The van der Waals surface area contributed by atoms with Gasteiger partial charge in [0.25, 0.3) is 0 Å². The van der Waals surface area contributed by atoms with Crippen molar-refractivity contribution >= 4 is 5.97 Å². The molecule has 0 saturated carbocycles. The number of hydrogen-bond donors (Lipinski definition) is 0. The molecule has 0 aliphatic heterocycles. The molecule has 22 heavy (non-hydrogen) atoms. The highest BCUT2D eigenvalue weighted by Crippen LogP contribution is 2.36. The van der Waals surface area contributed by atoms with Crippen molar-refractivity contribution in [2.75, 3.05) is 0 Å². The van der Waals surface area contributed by atoms with Gasteiger partial charge in [-0.2, -0.15) is 0 Å². The number of benzene rings is 1. The molecular weight excluding hydrogens is 272 g/mol. The molecule has 1 aromatic carbocycles. The number of ether oxygens (including phenoxy) is 1. The van der Waals surface area contributed by atoms with E-state index in [1.165, 1.54) is 19.3 Å². The first-order valence-corrected chi connectivity index (χ1v) is 8.72. The molecule has 0 aromatic heterocycles. The third kappa shape index (κ3) is 4.86. The van der Waals surface area contributed by atoms with Gasteiger partial charge in [-0.15, -0.1) is 0 Å². The normalized spacial score (nSPS) is 12.0. The zero-order valence-electron chi connectivity index (χ0n) is 14.9. The molecule has 0 aliphatic carbocycles. The van der Waals surface area contributed by atoms with Gasteiger partial charge in [0.2, 0.25) is 0 Å². The van der Waals surface area contributed by atoms with E-state index in [-0.39, 0.29) is 11.6 Å². The Kier molecular flexibility index (Phi) is 7.64. The van der Waals surface area contributed by atoms with Crippen molar-refractivity contribution in [3.05, 3.63) is 35.9 Å². The van der Waals surface area contributed by atoms with E-state index in [1.54, 1.807) is 0 Å². The number of carbonyl (C=O) groups excluding carboxylic acids is 1. The first kappa shape index (κ1) is 18.7. The summed E-state index contributed by atoms with van der Waals surface area (Å²) >= 11 is 0. The zero-order valence-corrected chi connectivity index (χ0v) is 14.9. The predicted octanol–water partition coefficient (Wildman–Crippen LogP) is 5.86. The molecule has 0 fully saturated rings. The van der Waals surface area contributed by atoms with Gasteiger partial charge >= 0.3 is 5.97 Å². The van der Waals surface area contributed by atoms with Crippen molar-refractivity contribution in [3.8, 4) is 0 Å². The fraction of sp³-hybridized carbons (Fsp3) is 0.650. The molecule has 0 N–H and O–H groups in total. The average Bonchev–Trinajstić information content (AvgIpc) is 2.50. The predicted molar refractivity (Wildman–Crippen MR) is 93.0 cm³/mol. The quantitative estimate of drug-likeness (QED) is 0.421. The van der Waals surface area contributed by atoms with Crippen molar-refractivity contribution in [1.82, 2.24) is 0 Å². The van der Waals surface area contributed by atoms with Crippen LogP contribution in [0, 0.1) is 11.8 Å². The van der Waals surface area contributed by atoms with Crippen LogP contribution in [-0.4, -0.2) is 11.6 Å². The van der Waals surface area contributed by atoms with E-state index in [4.69, 9.17) is 4.74 Å². The number of rotatable bonds is 9. The van der Waals surface area contributed by atoms with Crippen LogP contribution in [0.5, 0.6) is 0 Å². The number of carbonyl (C=O) groups is 1. The molecule has 0 heterocycles. The Labute approximate surface area is 136 Å². The Balaban J connectivity index is 2.87. The van der Waals surface area contributed by atoms with Crippen molar-refractivity contribution in [2.24, 2.45) is 11.8 Å². The first-order chi connectivity index (χ1) is 10.4. The molecule has 0 bridgehead atoms. The molecule has 124 valence electrons. The Morgan fingerprint density at radius 3 is 2.09 bits per heavy atom. The molecule has 2 heteroatoms. The second kappa shape index (κ2) is 8.97. The zero-order chi connectivity index (χ0) is 16.6. The topological polar surface area (TPSA) is 26.3 Å². The summed E-state index contributed by atoms with van der Waals surface area (Å²) in [4.78, 5) is 12.5. The van der Waals surface area contributed by atoms with Gasteiger partial charge in [-0.25, -0.2) is 4.79 Å². The van der Waals surface area contributed by atoms with Crippen LogP contribution in [0.4, 0.5) is 0 Å². The molecule has 0 unspecified atom stereocenters. The molecule has 0 atom stereocenters. The molecule has 1 aromatic rings. The fourth-order valence-electron chi connectivity index (χ4n) is 3.16. The third-order valence-electron chi connectivity index (χ3n) is 4.67. The van der Waals surface area contributed by atoms with Gasteiger partial charge in [0.05, 0.1) is 5.56 Å². The molecule has 0 aliphatic rings. The van der Waals surface area contributed by atoms with Gasteiger partial charge in [-0.1, -0.05) is 72.1 Å². The summed E-state index contributed by atoms with van der Waals surface area (Å²) in [6.07, 6.45) is 5.74. The lowest BCUT2D eigenvalue weighted by atomic mass is 9.76. The Bertz CT molecular complexity index is 426. The van der Waals surface area contributed by atoms with E-state index in [1.807, 2.05) is 30.3 Å². The summed E-state index contributed by atoms with van der Waals surface area (Å²) in [6, 6.07) is 9.32. The van der Waals surface area contributed by atoms with Crippen molar-refractivity contribution in [3.63, 3.8) is 0 Å². The number of esters is 1. The monoisotopic (exact) mass is 304 g/mol. The minimum atomic E-state index is -0.374. The van der Waals surface area contributed by atoms with E-state index in [0.29, 0.717) is 17.4 Å². The van der Waals surface area contributed by atoms with Crippen LogP contribution >= 0.6 is 0 Å². The third-order valence-corrected chi connectivity index (χ3v) is 4.67. The van der Waals surface area contributed by atoms with E-state index in [2.05, 4.69) is 34.6 Å². The molecule has 0 radical (unpaired) electrons. The lowest BCUT2D eigenvalue weighted by molar-refractivity contribution is -0.0784. The number of hydrogen-bond acceptors (Lipinski definition) is 2. The first-order valence-electron chi connectivity index (χ1n) is 8.72. The summed E-state index contributed by atoms with van der Waals surface area (Å²) in [5.74, 6) is 0.419. The second-order valence-corrected chi connectivity index (χ2v) is 6.83. The van der Waals surface area contributed by atoms with Crippen molar-refractivity contribution < 1.29 is 9.53 Å². The highest BCUT2D eigenvalue weighted by molar-refractivity contribution is 5.89. The minimum absolute atomic E-state index is 0.196. The molecule has 0 spiro atoms. The largest absolute Gasteiger partial charge is 0.455 e. The SMILES string of the molecule is CCCCCCC(OC(=O)c1ccccc1)(C(C)C)C(C)C. The number of unbranched alkanes of at least 4 members (excludes halogenated alkanes) is 3. The second-order valence-electron chi connectivity index (χ2n) is 6.83. The summed E-state index contributed by atoms with van der Waals surface area (Å²) in [5, 5.41) is 0. The van der Waals surface area contributed by atoms with Crippen LogP contribution in [-0.2, 0) is 4.74 Å². The van der Waals surface area contributed by atoms with Crippen molar-refractivity contribution in [1.29, 1.82) is 0 Å². The van der Waals surface area contributed by atoms with Crippen molar-refractivity contribution in [2.45, 2.75) is 72.3 Å². The Morgan fingerprint density at radius 1 is 1.00 bits per heavy atom. The van der Waals surface area contributed by atoms with Crippen LogP contribution in [0.1, 0.15) is 77.1 Å². The van der Waals surface area contributed by atoms with Gasteiger partial charge in [-0.3, -0.25) is 0 Å². The maximum atomic E-state index is 12.5. The van der Waals surface area contributed by atoms with Crippen LogP contribution in [0.2, 0.25) is 0 Å². The van der Waals surface area contributed by atoms with Crippen LogP contribution in [0.25, 0.3) is 0 Å². The summed E-state index contributed by atoms with van der Waals surface area (Å²) < 4.78 is 6.09. The maximum Gasteiger partial charge on any atom is 0.338 e. The average molecular weight is 304 g/mol. The summed E-state index contributed by atoms with van der Waals surface area (Å²) in [7, 11) is 0. The summed E-state index contributed by atoms with van der Waals surface area (Å²) in [5.41, 5.74) is 0.266. The maximum absolute atomic E-state index is 12.5.